The van der Waals surface area contributed by atoms with Crippen LogP contribution in [0.3, 0.4) is 0 Å². The minimum Gasteiger partial charge on any atom is -0.370 e. The Bertz CT molecular complexity index is 381. The highest BCUT2D eigenvalue weighted by atomic mass is 79.9. The van der Waals surface area contributed by atoms with Crippen molar-refractivity contribution in [1.29, 1.82) is 0 Å². The molecule has 0 bridgehead atoms. The van der Waals surface area contributed by atoms with E-state index in [0.29, 0.717) is 4.47 Å². The molecule has 0 spiro atoms. The lowest BCUT2D eigenvalue weighted by Crippen LogP contribution is -2.26. The fraction of sp³-hybridized carbons (Fsp3) is 0.455. The maximum absolute atomic E-state index is 13.2. The molecule has 1 atom stereocenters. The maximum Gasteiger partial charge on any atom is 0.137 e. The summed E-state index contributed by atoms with van der Waals surface area (Å²) in [5, 5.41) is 0. The molecule has 0 aliphatic carbocycles. The number of anilines is 1. The lowest BCUT2D eigenvalue weighted by Gasteiger charge is -2.21. The number of benzene rings is 1. The molecule has 2 nitrogen and oxygen atoms in total. The van der Waals surface area contributed by atoms with Crippen molar-refractivity contribution < 1.29 is 4.39 Å². The van der Waals surface area contributed by atoms with Gasteiger partial charge in [0.1, 0.15) is 5.82 Å². The summed E-state index contributed by atoms with van der Waals surface area (Å²) in [5.74, 6) is -0.209. The van der Waals surface area contributed by atoms with Gasteiger partial charge in [0.25, 0.3) is 0 Å². The van der Waals surface area contributed by atoms with Gasteiger partial charge in [0.15, 0.2) is 0 Å². The largest absolute Gasteiger partial charge is 0.370 e. The van der Waals surface area contributed by atoms with E-state index in [1.165, 1.54) is 0 Å². The van der Waals surface area contributed by atoms with E-state index in [2.05, 4.69) is 20.8 Å². The van der Waals surface area contributed by atoms with Gasteiger partial charge in [0.2, 0.25) is 0 Å². The molecular weight excluding hydrogens is 259 g/mol. The van der Waals surface area contributed by atoms with Crippen molar-refractivity contribution in [2.45, 2.75) is 19.4 Å². The number of nitrogens with two attached hydrogens (primary N) is 1. The van der Waals surface area contributed by atoms with Crippen LogP contribution in [0, 0.1) is 12.7 Å². The minimum atomic E-state index is -0.209. The van der Waals surface area contributed by atoms with Gasteiger partial charge in [-0.3, -0.25) is 0 Å². The molecule has 1 aliphatic heterocycles. The van der Waals surface area contributed by atoms with Crippen molar-refractivity contribution in [2.24, 2.45) is 5.73 Å². The lowest BCUT2D eigenvalue weighted by atomic mass is 10.2. The van der Waals surface area contributed by atoms with E-state index in [1.807, 2.05) is 13.0 Å². The number of rotatable bonds is 1. The zero-order valence-corrected chi connectivity index (χ0v) is 10.2. The first-order valence-electron chi connectivity index (χ1n) is 5.04. The fourth-order valence-corrected chi connectivity index (χ4v) is 2.31. The second-order valence-corrected chi connectivity index (χ2v) is 4.90. The Morgan fingerprint density at radius 3 is 2.87 bits per heavy atom. The molecule has 0 aromatic heterocycles. The SMILES string of the molecule is Cc1cc(F)c(Br)cc1N1CCC(N)C1. The molecule has 15 heavy (non-hydrogen) atoms. The first-order chi connectivity index (χ1) is 7.08. The van der Waals surface area contributed by atoms with Crippen molar-refractivity contribution >= 4 is 21.6 Å². The van der Waals surface area contributed by atoms with Crippen LogP contribution in [0.4, 0.5) is 10.1 Å². The molecule has 82 valence electrons. The van der Waals surface area contributed by atoms with E-state index in [9.17, 15) is 4.39 Å². The van der Waals surface area contributed by atoms with E-state index in [0.717, 1.165) is 30.8 Å². The van der Waals surface area contributed by atoms with Crippen molar-refractivity contribution in [3.8, 4) is 0 Å². The van der Waals surface area contributed by atoms with Crippen LogP contribution in [-0.4, -0.2) is 19.1 Å². The van der Waals surface area contributed by atoms with Crippen LogP contribution in [0.5, 0.6) is 0 Å². The van der Waals surface area contributed by atoms with Crippen molar-refractivity contribution in [3.05, 3.63) is 28.0 Å². The molecule has 1 heterocycles. The summed E-state index contributed by atoms with van der Waals surface area (Å²) in [7, 11) is 0. The van der Waals surface area contributed by atoms with Crippen LogP contribution in [0.25, 0.3) is 0 Å². The molecule has 1 aromatic carbocycles. The fourth-order valence-electron chi connectivity index (χ4n) is 1.98. The summed E-state index contributed by atoms with van der Waals surface area (Å²) < 4.78 is 13.8. The van der Waals surface area contributed by atoms with E-state index in [4.69, 9.17) is 5.73 Å². The van der Waals surface area contributed by atoms with Crippen LogP contribution in [0.2, 0.25) is 0 Å². The number of halogens is 2. The van der Waals surface area contributed by atoms with Crippen molar-refractivity contribution in [3.63, 3.8) is 0 Å². The van der Waals surface area contributed by atoms with E-state index in [1.54, 1.807) is 6.07 Å². The second-order valence-electron chi connectivity index (χ2n) is 4.05. The van der Waals surface area contributed by atoms with Gasteiger partial charge in [-0.05, 0) is 47.0 Å². The third kappa shape index (κ3) is 2.16. The highest BCUT2D eigenvalue weighted by Gasteiger charge is 2.21. The summed E-state index contributed by atoms with van der Waals surface area (Å²) in [6.07, 6.45) is 1.01. The normalized spacial score (nSPS) is 21.1. The van der Waals surface area contributed by atoms with Gasteiger partial charge < -0.3 is 10.6 Å². The Morgan fingerprint density at radius 2 is 2.27 bits per heavy atom. The zero-order valence-electron chi connectivity index (χ0n) is 8.63. The summed E-state index contributed by atoms with van der Waals surface area (Å²) in [4.78, 5) is 2.21. The monoisotopic (exact) mass is 272 g/mol. The molecule has 0 radical (unpaired) electrons. The summed E-state index contributed by atoms with van der Waals surface area (Å²) >= 11 is 3.21. The van der Waals surface area contributed by atoms with E-state index < -0.39 is 0 Å². The molecule has 2 rings (SSSR count). The second kappa shape index (κ2) is 4.10. The van der Waals surface area contributed by atoms with Crippen LogP contribution >= 0.6 is 15.9 Å². The van der Waals surface area contributed by atoms with Crippen LogP contribution in [-0.2, 0) is 0 Å². The molecule has 0 amide bonds. The Labute approximate surface area is 97.4 Å². The Kier molecular flexibility index (Phi) is 2.98. The van der Waals surface area contributed by atoms with Crippen molar-refractivity contribution in [1.82, 2.24) is 0 Å². The smallest absolute Gasteiger partial charge is 0.137 e. The van der Waals surface area contributed by atoms with Crippen molar-refractivity contribution in [2.75, 3.05) is 18.0 Å². The number of nitrogens with zero attached hydrogens (tertiary/aromatic N) is 1. The molecule has 2 N–H and O–H groups in total. The molecule has 0 saturated carbocycles. The molecule has 1 unspecified atom stereocenters. The predicted molar refractivity (Wildman–Crippen MR) is 63.6 cm³/mol. The molecule has 1 aromatic rings. The molecule has 4 heteroatoms. The zero-order chi connectivity index (χ0) is 11.0. The van der Waals surface area contributed by atoms with Gasteiger partial charge >= 0.3 is 0 Å². The summed E-state index contributed by atoms with van der Waals surface area (Å²) in [5.41, 5.74) is 7.90. The Hall–Kier alpha value is -0.610. The quantitative estimate of drug-likeness (QED) is 0.851. The predicted octanol–water partition coefficient (Wildman–Crippen LogP) is 2.43. The highest BCUT2D eigenvalue weighted by Crippen LogP contribution is 2.29. The average Bonchev–Trinajstić information content (AvgIpc) is 2.58. The number of hydrogen-bond acceptors (Lipinski definition) is 2. The third-order valence-electron chi connectivity index (χ3n) is 2.80. The number of aryl methyl sites for hydroxylation is 1. The highest BCUT2D eigenvalue weighted by molar-refractivity contribution is 9.10. The van der Waals surface area contributed by atoms with Gasteiger partial charge in [0.05, 0.1) is 4.47 Å². The minimum absolute atomic E-state index is 0.209. The van der Waals surface area contributed by atoms with Crippen LogP contribution < -0.4 is 10.6 Å². The van der Waals surface area contributed by atoms with Gasteiger partial charge in [-0.2, -0.15) is 0 Å². The van der Waals surface area contributed by atoms with Gasteiger partial charge in [-0.25, -0.2) is 4.39 Å². The van der Waals surface area contributed by atoms with E-state index in [-0.39, 0.29) is 11.9 Å². The topological polar surface area (TPSA) is 29.3 Å². The summed E-state index contributed by atoms with van der Waals surface area (Å²) in [6, 6.07) is 3.64. The maximum atomic E-state index is 13.2. The summed E-state index contributed by atoms with van der Waals surface area (Å²) in [6.45, 7) is 3.74. The van der Waals surface area contributed by atoms with Gasteiger partial charge in [-0.1, -0.05) is 0 Å². The Balaban J connectivity index is 2.32. The van der Waals surface area contributed by atoms with Crippen LogP contribution in [0.15, 0.2) is 16.6 Å². The first kappa shape index (κ1) is 10.9. The molecule has 1 aliphatic rings. The van der Waals surface area contributed by atoms with E-state index >= 15 is 0 Å². The van der Waals surface area contributed by atoms with Gasteiger partial charge in [-0.15, -0.1) is 0 Å². The standard InChI is InChI=1S/C11H14BrFN2/c1-7-4-10(13)9(12)5-11(7)15-3-2-8(14)6-15/h4-5,8H,2-3,6,14H2,1H3. The molecule has 1 saturated heterocycles. The van der Waals surface area contributed by atoms with Gasteiger partial charge in [0, 0.05) is 24.8 Å². The molecular formula is C11H14BrFN2. The molecule has 1 fully saturated rings. The van der Waals surface area contributed by atoms with Crippen LogP contribution in [0.1, 0.15) is 12.0 Å². The number of hydrogen-bond donors (Lipinski definition) is 1. The first-order valence-corrected chi connectivity index (χ1v) is 5.83. The Morgan fingerprint density at radius 1 is 1.53 bits per heavy atom. The third-order valence-corrected chi connectivity index (χ3v) is 3.41. The average molecular weight is 273 g/mol. The lowest BCUT2D eigenvalue weighted by molar-refractivity contribution is 0.619.